The van der Waals surface area contributed by atoms with Crippen LogP contribution in [0.3, 0.4) is 0 Å². The highest BCUT2D eigenvalue weighted by atomic mass is 127. The number of carbonyl (C=O) groups excluding carboxylic acids is 1. The van der Waals surface area contributed by atoms with E-state index in [2.05, 4.69) is 140 Å². The van der Waals surface area contributed by atoms with Crippen LogP contribution in [0, 0.1) is 10.8 Å². The summed E-state index contributed by atoms with van der Waals surface area (Å²) in [5.41, 5.74) is 4.40. The first kappa shape index (κ1) is 34.8. The third-order valence-electron chi connectivity index (χ3n) is 8.99. The molecule has 0 aliphatic carbocycles. The van der Waals surface area contributed by atoms with Crippen LogP contribution in [-0.2, 0) is 20.4 Å². The van der Waals surface area contributed by atoms with Crippen molar-refractivity contribution in [2.45, 2.75) is 90.9 Å². The maximum absolute atomic E-state index is 13.0. The van der Waals surface area contributed by atoms with Crippen LogP contribution in [0.2, 0.25) is 0 Å². The van der Waals surface area contributed by atoms with E-state index < -0.39 is 5.41 Å². The van der Waals surface area contributed by atoms with Crippen LogP contribution in [0.5, 0.6) is 0 Å². The fourth-order valence-electron chi connectivity index (χ4n) is 6.95. The van der Waals surface area contributed by atoms with Crippen molar-refractivity contribution < 1.29 is 9.53 Å². The van der Waals surface area contributed by atoms with Gasteiger partial charge in [-0.2, -0.15) is 22.4 Å². The van der Waals surface area contributed by atoms with E-state index in [0.29, 0.717) is 6.42 Å². The second kappa shape index (κ2) is 15.4. The van der Waals surface area contributed by atoms with E-state index >= 15 is 0 Å². The van der Waals surface area contributed by atoms with Gasteiger partial charge in [0.05, 0.1) is 12.5 Å². The largest absolute Gasteiger partial charge is 0.469 e. The number of hydrogen-bond donors (Lipinski definition) is 0. The van der Waals surface area contributed by atoms with Gasteiger partial charge in [-0.25, -0.2) is 0 Å². The Labute approximate surface area is 272 Å². The van der Waals surface area contributed by atoms with Crippen molar-refractivity contribution in [3.8, 4) is 0 Å². The molecular formula is C37H50BIO2P. The first-order valence-corrected chi connectivity index (χ1v) is 17.9. The standard InChI is InChI=1S/C37H50BIO2P/c1-8-9-16-25-37(31-19-14-11-15-20-31,27-35(4,5)33(40)41-7)32-23-21-30(22-24-32)36(6,29-17-12-10-13-18-29)26-34(2,3)28-42-38-39/h10-15,17-24,42H,8-9,16,25-28H2,1-7H3. The maximum atomic E-state index is 13.0. The van der Waals surface area contributed by atoms with Crippen LogP contribution in [0.25, 0.3) is 0 Å². The molecule has 0 aliphatic rings. The van der Waals surface area contributed by atoms with Gasteiger partial charge < -0.3 is 4.74 Å². The van der Waals surface area contributed by atoms with Crippen LogP contribution < -0.4 is 0 Å². The monoisotopic (exact) mass is 695 g/mol. The molecule has 2 nitrogen and oxygen atoms in total. The Kier molecular flexibility index (Phi) is 12.8. The Morgan fingerprint density at radius 2 is 1.26 bits per heavy atom. The maximum Gasteiger partial charge on any atom is 0.311 e. The zero-order valence-corrected chi connectivity index (χ0v) is 30.0. The molecule has 42 heavy (non-hydrogen) atoms. The molecule has 0 saturated heterocycles. The Morgan fingerprint density at radius 1 is 0.762 bits per heavy atom. The van der Waals surface area contributed by atoms with Gasteiger partial charge >= 0.3 is 5.97 Å². The van der Waals surface area contributed by atoms with Crippen molar-refractivity contribution in [2.24, 2.45) is 10.8 Å². The molecular weight excluding hydrogens is 645 g/mol. The second-order valence-electron chi connectivity index (χ2n) is 13.6. The summed E-state index contributed by atoms with van der Waals surface area (Å²) in [6.07, 6.45) is 7.37. The number of carbonyl (C=O) groups is 1. The smallest absolute Gasteiger partial charge is 0.311 e. The molecule has 5 heteroatoms. The highest BCUT2D eigenvalue weighted by Crippen LogP contribution is 2.48. The molecule has 0 bridgehead atoms. The van der Waals surface area contributed by atoms with Crippen molar-refractivity contribution in [1.82, 2.24) is 0 Å². The molecule has 3 aromatic rings. The first-order valence-electron chi connectivity index (χ1n) is 15.4. The van der Waals surface area contributed by atoms with Gasteiger partial charge in [0.15, 0.2) is 0 Å². The number of rotatable bonds is 16. The highest BCUT2D eigenvalue weighted by molar-refractivity contribution is 14.1. The molecule has 1 radical (unpaired) electrons. The summed E-state index contributed by atoms with van der Waals surface area (Å²) in [5, 5.41) is 0. The lowest BCUT2D eigenvalue weighted by molar-refractivity contribution is -0.151. The summed E-state index contributed by atoms with van der Waals surface area (Å²) in [6.45, 7) is 13.6. The minimum atomic E-state index is -0.630. The van der Waals surface area contributed by atoms with Crippen LogP contribution in [0.1, 0.15) is 102 Å². The number of hydrogen-bond acceptors (Lipinski definition) is 2. The minimum Gasteiger partial charge on any atom is -0.469 e. The molecule has 0 N–H and O–H groups in total. The Bertz CT molecular complexity index is 1250. The van der Waals surface area contributed by atoms with Gasteiger partial charge in [-0.15, -0.1) is 8.46 Å². The van der Waals surface area contributed by atoms with Crippen LogP contribution in [-0.4, -0.2) is 24.1 Å². The predicted molar refractivity (Wildman–Crippen MR) is 192 cm³/mol. The molecule has 0 saturated carbocycles. The van der Waals surface area contributed by atoms with Crippen molar-refractivity contribution in [3.05, 3.63) is 107 Å². The third kappa shape index (κ3) is 8.50. The van der Waals surface area contributed by atoms with Crippen LogP contribution in [0.4, 0.5) is 0 Å². The summed E-state index contributed by atoms with van der Waals surface area (Å²) in [6, 6.07) is 31.3. The number of unbranched alkanes of at least 4 members (excludes halogenated alkanes) is 2. The molecule has 3 aromatic carbocycles. The fraction of sp³-hybridized carbons (Fsp3) is 0.486. The van der Waals surface area contributed by atoms with Gasteiger partial charge in [0, 0.05) is 10.8 Å². The number of ether oxygens (including phenoxy) is 1. The van der Waals surface area contributed by atoms with Crippen molar-refractivity contribution >= 4 is 41.7 Å². The molecule has 0 fully saturated rings. The lowest BCUT2D eigenvalue weighted by Gasteiger charge is -2.42. The first-order chi connectivity index (χ1) is 19.9. The summed E-state index contributed by atoms with van der Waals surface area (Å²) < 4.78 is 5.30. The van der Waals surface area contributed by atoms with Gasteiger partial charge in [-0.3, -0.25) is 4.79 Å². The van der Waals surface area contributed by atoms with Gasteiger partial charge in [0.2, 0.25) is 4.86 Å². The third-order valence-corrected chi connectivity index (χ3v) is 11.6. The molecule has 0 heterocycles. The lowest BCUT2D eigenvalue weighted by atomic mass is 9.62. The summed E-state index contributed by atoms with van der Waals surface area (Å²) in [4.78, 5) is 15.3. The fourth-order valence-corrected chi connectivity index (χ4v) is 8.37. The molecule has 0 aromatic heterocycles. The number of benzene rings is 3. The summed E-state index contributed by atoms with van der Waals surface area (Å²) in [5.74, 6) is -0.154. The normalized spacial score (nSPS) is 15.2. The average Bonchev–Trinajstić information content (AvgIpc) is 2.99. The molecule has 225 valence electrons. The summed E-state index contributed by atoms with van der Waals surface area (Å²) >= 11 is 2.39. The zero-order valence-electron chi connectivity index (χ0n) is 26.8. The van der Waals surface area contributed by atoms with E-state index in [-0.39, 0.29) is 22.2 Å². The predicted octanol–water partition coefficient (Wildman–Crippen LogP) is 10.5. The van der Waals surface area contributed by atoms with E-state index in [0.717, 1.165) is 34.1 Å². The Balaban J connectivity index is 2.17. The van der Waals surface area contributed by atoms with Crippen molar-refractivity contribution in [1.29, 1.82) is 0 Å². The highest BCUT2D eigenvalue weighted by Gasteiger charge is 2.43. The Morgan fingerprint density at radius 3 is 1.79 bits per heavy atom. The number of esters is 1. The quantitative estimate of drug-likeness (QED) is 0.0490. The van der Waals surface area contributed by atoms with E-state index in [1.54, 1.807) is 0 Å². The van der Waals surface area contributed by atoms with E-state index in [1.165, 1.54) is 41.9 Å². The number of methoxy groups -OCH3 is 1. The Hall–Kier alpha value is -1.65. The zero-order chi connectivity index (χ0) is 30.9. The lowest BCUT2D eigenvalue weighted by Crippen LogP contribution is -2.38. The van der Waals surface area contributed by atoms with E-state index in [1.807, 2.05) is 13.8 Å². The number of halogens is 1. The molecule has 0 aliphatic heterocycles. The van der Waals surface area contributed by atoms with E-state index in [4.69, 9.17) is 4.74 Å². The average molecular weight is 695 g/mol. The SMILES string of the molecule is CCCCCC(CC(C)(C)C(=O)OC)(c1ccccc1)c1ccc(C(C)(CC(C)(C)CP[B]I)c2ccccc2)cc1. The topological polar surface area (TPSA) is 26.3 Å². The van der Waals surface area contributed by atoms with Gasteiger partial charge in [0.25, 0.3) is 0 Å². The molecule has 0 spiro atoms. The molecule has 3 rings (SSSR count). The van der Waals surface area contributed by atoms with Gasteiger partial charge in [-0.05, 0) is 66.9 Å². The van der Waals surface area contributed by atoms with Gasteiger partial charge in [-0.1, -0.05) is 132 Å². The van der Waals surface area contributed by atoms with Crippen molar-refractivity contribution in [2.75, 3.05) is 13.3 Å². The van der Waals surface area contributed by atoms with Gasteiger partial charge in [0.1, 0.15) is 0 Å². The van der Waals surface area contributed by atoms with Crippen LogP contribution >= 0.6 is 30.8 Å². The van der Waals surface area contributed by atoms with Crippen LogP contribution in [0.15, 0.2) is 84.9 Å². The summed E-state index contributed by atoms with van der Waals surface area (Å²) in [7, 11) is 2.36. The molecule has 0 amide bonds. The molecule has 3 atom stereocenters. The molecule has 3 unspecified atom stereocenters. The van der Waals surface area contributed by atoms with Crippen molar-refractivity contribution in [3.63, 3.8) is 0 Å². The second-order valence-corrected chi connectivity index (χ2v) is 16.4. The van der Waals surface area contributed by atoms with E-state index in [9.17, 15) is 4.79 Å². The minimum absolute atomic E-state index is 0.123.